The van der Waals surface area contributed by atoms with E-state index in [1.165, 1.54) is 18.2 Å². The number of amides is 1. The number of nitrogens with two attached hydrogens (primary N) is 2. The van der Waals surface area contributed by atoms with Crippen LogP contribution in [0.2, 0.25) is 5.02 Å². The standard InChI is InChI=1S/C11H16ClN3O4S/c1-7(5-13)15-20(17,18)10-4-8(12)2-3-9(10)19-6-11(14)16/h2-4,7,15H,5-6,13H2,1H3,(H2,14,16)/t7-/m0/s1. The predicted octanol–water partition coefficient (Wildman–Crippen LogP) is -0.170. The van der Waals surface area contributed by atoms with Gasteiger partial charge in [-0.1, -0.05) is 11.6 Å². The number of hydrogen-bond acceptors (Lipinski definition) is 5. The summed E-state index contributed by atoms with van der Waals surface area (Å²) in [6.07, 6.45) is 0. The van der Waals surface area contributed by atoms with Crippen LogP contribution in [0, 0.1) is 0 Å². The molecular formula is C11H16ClN3O4S. The minimum atomic E-state index is -3.86. The molecule has 0 saturated heterocycles. The van der Waals surface area contributed by atoms with Crippen molar-refractivity contribution in [3.8, 4) is 5.75 Å². The van der Waals surface area contributed by atoms with Crippen molar-refractivity contribution in [2.45, 2.75) is 17.9 Å². The highest BCUT2D eigenvalue weighted by atomic mass is 35.5. The highest BCUT2D eigenvalue weighted by Crippen LogP contribution is 2.27. The first kappa shape index (κ1) is 16.7. The second-order valence-electron chi connectivity index (χ2n) is 4.10. The predicted molar refractivity (Wildman–Crippen MR) is 75.0 cm³/mol. The average Bonchev–Trinajstić information content (AvgIpc) is 2.36. The number of primary amides is 1. The molecule has 0 aliphatic heterocycles. The molecule has 1 aromatic rings. The van der Waals surface area contributed by atoms with Crippen LogP contribution in [-0.4, -0.2) is 33.5 Å². The molecule has 0 aliphatic rings. The van der Waals surface area contributed by atoms with E-state index < -0.39 is 28.6 Å². The van der Waals surface area contributed by atoms with Crippen LogP contribution in [-0.2, 0) is 14.8 Å². The van der Waals surface area contributed by atoms with Gasteiger partial charge in [0.1, 0.15) is 10.6 Å². The van der Waals surface area contributed by atoms with Gasteiger partial charge in [-0.3, -0.25) is 4.79 Å². The van der Waals surface area contributed by atoms with Gasteiger partial charge in [0.2, 0.25) is 10.0 Å². The molecule has 0 aliphatic carbocycles. The molecular weight excluding hydrogens is 306 g/mol. The highest BCUT2D eigenvalue weighted by molar-refractivity contribution is 7.89. The number of benzene rings is 1. The Kier molecular flexibility index (Phi) is 5.75. The molecule has 0 aromatic heterocycles. The Morgan fingerprint density at radius 1 is 1.50 bits per heavy atom. The summed E-state index contributed by atoms with van der Waals surface area (Å²) in [5.74, 6) is -0.725. The lowest BCUT2D eigenvalue weighted by molar-refractivity contribution is -0.120. The van der Waals surface area contributed by atoms with Crippen molar-refractivity contribution in [2.24, 2.45) is 11.5 Å². The Balaban J connectivity index is 3.14. The van der Waals surface area contributed by atoms with E-state index in [-0.39, 0.29) is 22.2 Å². The monoisotopic (exact) mass is 321 g/mol. The fourth-order valence-electron chi connectivity index (χ4n) is 1.34. The van der Waals surface area contributed by atoms with Gasteiger partial charge >= 0.3 is 0 Å². The molecule has 1 atom stereocenters. The minimum Gasteiger partial charge on any atom is -0.482 e. The third kappa shape index (κ3) is 4.64. The van der Waals surface area contributed by atoms with Crippen LogP contribution in [0.5, 0.6) is 5.75 Å². The Morgan fingerprint density at radius 2 is 2.15 bits per heavy atom. The maximum absolute atomic E-state index is 12.2. The molecule has 0 unspecified atom stereocenters. The molecule has 1 amide bonds. The molecule has 0 radical (unpaired) electrons. The number of ether oxygens (including phenoxy) is 1. The molecule has 20 heavy (non-hydrogen) atoms. The van der Waals surface area contributed by atoms with Crippen molar-refractivity contribution in [3.63, 3.8) is 0 Å². The Bertz CT molecular complexity index is 591. The number of nitrogens with one attached hydrogen (secondary N) is 1. The molecule has 0 spiro atoms. The van der Waals surface area contributed by atoms with E-state index in [4.69, 9.17) is 27.8 Å². The molecule has 0 saturated carbocycles. The molecule has 1 aromatic carbocycles. The zero-order chi connectivity index (χ0) is 15.3. The van der Waals surface area contributed by atoms with Gasteiger partial charge < -0.3 is 16.2 Å². The number of carbonyl (C=O) groups is 1. The van der Waals surface area contributed by atoms with Crippen molar-refractivity contribution >= 4 is 27.5 Å². The number of halogens is 1. The van der Waals surface area contributed by atoms with E-state index in [9.17, 15) is 13.2 Å². The normalized spacial score (nSPS) is 12.9. The zero-order valence-corrected chi connectivity index (χ0v) is 12.4. The van der Waals surface area contributed by atoms with Crippen LogP contribution in [0.4, 0.5) is 0 Å². The zero-order valence-electron chi connectivity index (χ0n) is 10.8. The second-order valence-corrected chi connectivity index (χ2v) is 6.22. The number of rotatable bonds is 7. The molecule has 0 bridgehead atoms. The first-order valence-corrected chi connectivity index (χ1v) is 7.55. The van der Waals surface area contributed by atoms with Crippen molar-refractivity contribution in [1.29, 1.82) is 0 Å². The van der Waals surface area contributed by atoms with Crippen molar-refractivity contribution in [2.75, 3.05) is 13.2 Å². The van der Waals surface area contributed by atoms with E-state index >= 15 is 0 Å². The third-order valence-corrected chi connectivity index (χ3v) is 4.12. The van der Waals surface area contributed by atoms with Gasteiger partial charge in [0.25, 0.3) is 5.91 Å². The lowest BCUT2D eigenvalue weighted by Crippen LogP contribution is -2.38. The van der Waals surface area contributed by atoms with E-state index in [1.54, 1.807) is 6.92 Å². The van der Waals surface area contributed by atoms with Gasteiger partial charge in [0.05, 0.1) is 0 Å². The first-order valence-electron chi connectivity index (χ1n) is 5.69. The minimum absolute atomic E-state index is 0.00933. The number of hydrogen-bond donors (Lipinski definition) is 3. The van der Waals surface area contributed by atoms with Gasteiger partial charge in [0, 0.05) is 17.6 Å². The van der Waals surface area contributed by atoms with Crippen LogP contribution < -0.4 is 20.9 Å². The first-order chi connectivity index (χ1) is 9.26. The quantitative estimate of drug-likeness (QED) is 0.643. The summed E-state index contributed by atoms with van der Waals surface area (Å²) in [4.78, 5) is 10.5. The van der Waals surface area contributed by atoms with E-state index in [2.05, 4.69) is 4.72 Å². The lowest BCUT2D eigenvalue weighted by Gasteiger charge is -2.15. The highest BCUT2D eigenvalue weighted by Gasteiger charge is 2.22. The second kappa shape index (κ2) is 6.89. The van der Waals surface area contributed by atoms with Crippen LogP contribution in [0.15, 0.2) is 23.1 Å². The summed E-state index contributed by atoms with van der Waals surface area (Å²) < 4.78 is 31.8. The Hall–Kier alpha value is -1.35. The van der Waals surface area contributed by atoms with Gasteiger partial charge in [-0.2, -0.15) is 0 Å². The maximum Gasteiger partial charge on any atom is 0.255 e. The molecule has 0 heterocycles. The van der Waals surface area contributed by atoms with Crippen LogP contribution >= 0.6 is 11.6 Å². The average molecular weight is 322 g/mol. The van der Waals surface area contributed by atoms with Crippen molar-refractivity contribution in [1.82, 2.24) is 4.72 Å². The van der Waals surface area contributed by atoms with Gasteiger partial charge in [-0.15, -0.1) is 0 Å². The number of sulfonamides is 1. The Labute approximate surface area is 122 Å². The molecule has 0 fully saturated rings. The summed E-state index contributed by atoms with van der Waals surface area (Å²) in [5.41, 5.74) is 10.3. The van der Waals surface area contributed by atoms with Crippen LogP contribution in [0.25, 0.3) is 0 Å². The fraction of sp³-hybridized carbons (Fsp3) is 0.364. The maximum atomic E-state index is 12.2. The van der Waals surface area contributed by atoms with E-state index in [0.717, 1.165) is 0 Å². The molecule has 5 N–H and O–H groups in total. The lowest BCUT2D eigenvalue weighted by atomic mass is 10.3. The van der Waals surface area contributed by atoms with Gasteiger partial charge in [-0.05, 0) is 25.1 Å². The SMILES string of the molecule is C[C@@H](CN)NS(=O)(=O)c1cc(Cl)ccc1OCC(N)=O. The summed E-state index contributed by atoms with van der Waals surface area (Å²) in [6, 6.07) is 3.57. The summed E-state index contributed by atoms with van der Waals surface area (Å²) in [6.45, 7) is 1.32. The molecule has 112 valence electrons. The Morgan fingerprint density at radius 3 is 2.70 bits per heavy atom. The summed E-state index contributed by atoms with van der Waals surface area (Å²) in [5, 5.41) is 0.220. The number of carbonyl (C=O) groups excluding carboxylic acids is 1. The molecule has 9 heteroatoms. The molecule has 7 nitrogen and oxygen atoms in total. The largest absolute Gasteiger partial charge is 0.482 e. The van der Waals surface area contributed by atoms with E-state index in [0.29, 0.717) is 0 Å². The van der Waals surface area contributed by atoms with Crippen LogP contribution in [0.3, 0.4) is 0 Å². The van der Waals surface area contributed by atoms with Gasteiger partial charge in [-0.25, -0.2) is 13.1 Å². The van der Waals surface area contributed by atoms with E-state index in [1.807, 2.05) is 0 Å². The fourth-order valence-corrected chi connectivity index (χ4v) is 3.00. The van der Waals surface area contributed by atoms with Crippen LogP contribution in [0.1, 0.15) is 6.92 Å². The van der Waals surface area contributed by atoms with Crippen molar-refractivity contribution in [3.05, 3.63) is 23.2 Å². The topological polar surface area (TPSA) is 125 Å². The van der Waals surface area contributed by atoms with Gasteiger partial charge in [0.15, 0.2) is 6.61 Å². The summed E-state index contributed by atoms with van der Waals surface area (Å²) in [7, 11) is -3.86. The summed E-state index contributed by atoms with van der Waals surface area (Å²) >= 11 is 5.79. The third-order valence-electron chi connectivity index (χ3n) is 2.28. The van der Waals surface area contributed by atoms with Crippen molar-refractivity contribution < 1.29 is 17.9 Å². The smallest absolute Gasteiger partial charge is 0.255 e. The molecule has 1 rings (SSSR count).